The fourth-order valence-electron chi connectivity index (χ4n) is 2.99. The lowest BCUT2D eigenvalue weighted by Gasteiger charge is -2.39. The molecule has 2 atom stereocenters. The first-order valence-electron chi connectivity index (χ1n) is 7.49. The summed E-state index contributed by atoms with van der Waals surface area (Å²) in [6.07, 6.45) is 3.84. The lowest BCUT2D eigenvalue weighted by molar-refractivity contribution is 0.0435. The minimum atomic E-state index is 0.581. The van der Waals surface area contributed by atoms with Crippen molar-refractivity contribution in [3.8, 4) is 11.5 Å². The van der Waals surface area contributed by atoms with E-state index < -0.39 is 0 Å². The van der Waals surface area contributed by atoms with Gasteiger partial charge < -0.3 is 9.47 Å². The Balaban J connectivity index is 2.07. The molecule has 4 nitrogen and oxygen atoms in total. The number of piperidine rings is 1. The summed E-state index contributed by atoms with van der Waals surface area (Å²) in [6.45, 7) is 5.36. The average molecular weight is 357 g/mol. The van der Waals surface area contributed by atoms with Gasteiger partial charge in [-0.25, -0.2) is 5.01 Å². The summed E-state index contributed by atoms with van der Waals surface area (Å²) in [6, 6.07) is 5.26. The first kappa shape index (κ1) is 16.6. The van der Waals surface area contributed by atoms with Gasteiger partial charge in [0.2, 0.25) is 0 Å². The van der Waals surface area contributed by atoms with Crippen LogP contribution in [0.25, 0.3) is 0 Å². The smallest absolute Gasteiger partial charge is 0.174 e. The number of halogens is 1. The third-order valence-electron chi connectivity index (χ3n) is 4.15. The molecule has 21 heavy (non-hydrogen) atoms. The second kappa shape index (κ2) is 7.47. The van der Waals surface area contributed by atoms with E-state index in [1.165, 1.54) is 24.8 Å². The van der Waals surface area contributed by atoms with Crippen molar-refractivity contribution in [1.82, 2.24) is 10.4 Å². The van der Waals surface area contributed by atoms with E-state index in [0.29, 0.717) is 12.1 Å². The van der Waals surface area contributed by atoms with E-state index in [1.807, 2.05) is 6.07 Å². The Morgan fingerprint density at radius 1 is 1.19 bits per heavy atom. The van der Waals surface area contributed by atoms with Crippen molar-refractivity contribution < 1.29 is 9.47 Å². The van der Waals surface area contributed by atoms with Crippen molar-refractivity contribution in [2.24, 2.45) is 0 Å². The van der Waals surface area contributed by atoms with Gasteiger partial charge in [-0.1, -0.05) is 6.42 Å². The highest BCUT2D eigenvalue weighted by Gasteiger charge is 2.24. The first-order chi connectivity index (χ1) is 10.1. The minimum Gasteiger partial charge on any atom is -0.493 e. The summed E-state index contributed by atoms with van der Waals surface area (Å²) in [5, 5.41) is 2.38. The first-order valence-corrected chi connectivity index (χ1v) is 8.28. The zero-order valence-electron chi connectivity index (χ0n) is 13.3. The van der Waals surface area contributed by atoms with Crippen LogP contribution in [0.1, 0.15) is 38.7 Å². The molecule has 5 heteroatoms. The van der Waals surface area contributed by atoms with Gasteiger partial charge in [0.25, 0.3) is 0 Å². The Labute approximate surface area is 135 Å². The van der Waals surface area contributed by atoms with Gasteiger partial charge in [0, 0.05) is 18.6 Å². The molecule has 1 heterocycles. The van der Waals surface area contributed by atoms with Crippen molar-refractivity contribution in [3.63, 3.8) is 0 Å². The maximum absolute atomic E-state index is 5.40. The van der Waals surface area contributed by atoms with Gasteiger partial charge in [-0.3, -0.25) is 5.43 Å². The van der Waals surface area contributed by atoms with E-state index >= 15 is 0 Å². The third kappa shape index (κ3) is 3.90. The number of rotatable bonds is 5. The number of benzene rings is 1. The predicted molar refractivity (Wildman–Crippen MR) is 88.7 cm³/mol. The van der Waals surface area contributed by atoms with Crippen molar-refractivity contribution in [3.05, 3.63) is 22.2 Å². The number of hydrogen-bond donors (Lipinski definition) is 1. The summed E-state index contributed by atoms with van der Waals surface area (Å²) in [4.78, 5) is 0. The molecule has 1 saturated heterocycles. The number of hydrazine groups is 1. The fourth-order valence-corrected chi connectivity index (χ4v) is 3.64. The Kier molecular flexibility index (Phi) is 5.90. The zero-order chi connectivity index (χ0) is 15.4. The Bertz CT molecular complexity index is 472. The van der Waals surface area contributed by atoms with Crippen molar-refractivity contribution in [2.45, 2.75) is 51.7 Å². The van der Waals surface area contributed by atoms with Crippen LogP contribution in [0.4, 0.5) is 0 Å². The third-order valence-corrected chi connectivity index (χ3v) is 4.74. The van der Waals surface area contributed by atoms with Crippen LogP contribution in [0.5, 0.6) is 11.5 Å². The van der Waals surface area contributed by atoms with Crippen LogP contribution in [0.3, 0.4) is 0 Å². The quantitative estimate of drug-likeness (QED) is 0.871. The van der Waals surface area contributed by atoms with Crippen LogP contribution in [0.2, 0.25) is 0 Å². The summed E-state index contributed by atoms with van der Waals surface area (Å²) in [5.74, 6) is 1.49. The SMILES string of the molecule is COc1cc(CNN2C(C)CCCC2C)cc(Br)c1OC. The van der Waals surface area contributed by atoms with Gasteiger partial charge in [-0.2, -0.15) is 0 Å². The fraction of sp³-hybridized carbons (Fsp3) is 0.625. The molecular formula is C16H25BrN2O2. The van der Waals surface area contributed by atoms with Gasteiger partial charge >= 0.3 is 0 Å². The predicted octanol–water partition coefficient (Wildman–Crippen LogP) is 3.73. The monoisotopic (exact) mass is 356 g/mol. The van der Waals surface area contributed by atoms with E-state index in [4.69, 9.17) is 9.47 Å². The summed E-state index contributed by atoms with van der Waals surface area (Å²) < 4.78 is 11.7. The number of methoxy groups -OCH3 is 2. The molecule has 0 spiro atoms. The largest absolute Gasteiger partial charge is 0.493 e. The second-order valence-electron chi connectivity index (χ2n) is 5.68. The molecule has 0 radical (unpaired) electrons. The maximum Gasteiger partial charge on any atom is 0.174 e. The Hall–Kier alpha value is -0.780. The lowest BCUT2D eigenvalue weighted by Crippen LogP contribution is -2.51. The molecule has 0 aromatic heterocycles. The van der Waals surface area contributed by atoms with E-state index in [-0.39, 0.29) is 0 Å². The molecule has 118 valence electrons. The molecule has 2 rings (SSSR count). The normalized spacial score (nSPS) is 23.1. The molecule has 1 aromatic rings. The molecule has 0 aliphatic carbocycles. The van der Waals surface area contributed by atoms with Gasteiger partial charge in [-0.05, 0) is 60.3 Å². The molecule has 2 unspecified atom stereocenters. The van der Waals surface area contributed by atoms with Gasteiger partial charge in [0.05, 0.1) is 18.7 Å². The lowest BCUT2D eigenvalue weighted by atomic mass is 10.00. The standard InChI is InChI=1S/C16H25BrN2O2/c1-11-6-5-7-12(2)19(11)18-10-13-8-14(17)16(21-4)15(9-13)20-3/h8-9,11-12,18H,5-7,10H2,1-4H3. The molecule has 1 aliphatic rings. The second-order valence-corrected chi connectivity index (χ2v) is 6.54. The van der Waals surface area contributed by atoms with Crippen LogP contribution in [-0.2, 0) is 6.54 Å². The van der Waals surface area contributed by atoms with Crippen LogP contribution < -0.4 is 14.9 Å². The highest BCUT2D eigenvalue weighted by Crippen LogP contribution is 2.36. The number of nitrogens with zero attached hydrogens (tertiary/aromatic N) is 1. The van der Waals surface area contributed by atoms with E-state index in [0.717, 1.165) is 22.5 Å². The maximum atomic E-state index is 5.40. The van der Waals surface area contributed by atoms with Gasteiger partial charge in [0.15, 0.2) is 11.5 Å². The zero-order valence-corrected chi connectivity index (χ0v) is 14.9. The number of ether oxygens (including phenoxy) is 2. The molecule has 0 saturated carbocycles. The van der Waals surface area contributed by atoms with Crippen LogP contribution in [-0.4, -0.2) is 31.3 Å². The van der Waals surface area contributed by atoms with Crippen LogP contribution >= 0.6 is 15.9 Å². The van der Waals surface area contributed by atoms with Crippen molar-refractivity contribution in [2.75, 3.05) is 14.2 Å². The molecule has 1 aromatic carbocycles. The Morgan fingerprint density at radius 2 is 1.86 bits per heavy atom. The van der Waals surface area contributed by atoms with Gasteiger partial charge in [0.1, 0.15) is 0 Å². The van der Waals surface area contributed by atoms with E-state index in [2.05, 4.69) is 46.3 Å². The summed E-state index contributed by atoms with van der Waals surface area (Å²) >= 11 is 3.54. The summed E-state index contributed by atoms with van der Waals surface area (Å²) in [7, 11) is 3.31. The highest BCUT2D eigenvalue weighted by atomic mass is 79.9. The highest BCUT2D eigenvalue weighted by molar-refractivity contribution is 9.10. The van der Waals surface area contributed by atoms with Crippen molar-refractivity contribution >= 4 is 15.9 Å². The number of nitrogens with one attached hydrogen (secondary N) is 1. The molecule has 1 N–H and O–H groups in total. The molecule has 0 bridgehead atoms. The Morgan fingerprint density at radius 3 is 2.43 bits per heavy atom. The van der Waals surface area contributed by atoms with Crippen molar-refractivity contribution in [1.29, 1.82) is 0 Å². The molecule has 0 amide bonds. The molecule has 1 fully saturated rings. The molecular weight excluding hydrogens is 332 g/mol. The van der Waals surface area contributed by atoms with Crippen LogP contribution in [0, 0.1) is 0 Å². The minimum absolute atomic E-state index is 0.581. The topological polar surface area (TPSA) is 33.7 Å². The number of hydrogen-bond acceptors (Lipinski definition) is 4. The van der Waals surface area contributed by atoms with E-state index in [9.17, 15) is 0 Å². The van der Waals surface area contributed by atoms with E-state index in [1.54, 1.807) is 14.2 Å². The summed E-state index contributed by atoms with van der Waals surface area (Å²) in [5.41, 5.74) is 4.74. The molecule has 1 aliphatic heterocycles. The average Bonchev–Trinajstić information content (AvgIpc) is 2.46. The van der Waals surface area contributed by atoms with Gasteiger partial charge in [-0.15, -0.1) is 0 Å². The van der Waals surface area contributed by atoms with Crippen LogP contribution in [0.15, 0.2) is 16.6 Å².